The van der Waals surface area contributed by atoms with E-state index in [1.54, 1.807) is 24.3 Å². The van der Waals surface area contributed by atoms with Gasteiger partial charge in [-0.3, -0.25) is 0 Å². The number of benzene rings is 1. The monoisotopic (exact) mass is 533 g/mol. The molecule has 0 bridgehead atoms. The van der Waals surface area contributed by atoms with Gasteiger partial charge in [0, 0.05) is 22.2 Å². The number of ether oxygens (including phenoxy) is 1. The lowest BCUT2D eigenvalue weighted by Gasteiger charge is -2.46. The molecule has 1 aliphatic rings. The Morgan fingerprint density at radius 3 is 2.39 bits per heavy atom. The highest BCUT2D eigenvalue weighted by atomic mass is 35.5. The largest absolute Gasteiger partial charge is 0.507 e. The van der Waals surface area contributed by atoms with Crippen molar-refractivity contribution in [2.75, 3.05) is 7.11 Å². The van der Waals surface area contributed by atoms with Crippen molar-refractivity contribution >= 4 is 36.0 Å². The lowest BCUT2D eigenvalue weighted by Crippen LogP contribution is -2.58. The lowest BCUT2D eigenvalue weighted by molar-refractivity contribution is 0.127. The number of methoxy groups -OCH3 is 1. The van der Waals surface area contributed by atoms with E-state index in [0.29, 0.717) is 33.8 Å². The third kappa shape index (κ3) is 5.32. The van der Waals surface area contributed by atoms with Gasteiger partial charge in [0.05, 0.1) is 18.8 Å². The maximum atomic E-state index is 10.7. The molecule has 1 aromatic carbocycles. The van der Waals surface area contributed by atoms with Crippen LogP contribution in [0.1, 0.15) is 46.6 Å². The van der Waals surface area contributed by atoms with E-state index >= 15 is 0 Å². The summed E-state index contributed by atoms with van der Waals surface area (Å²) < 4.78 is 6.93. The highest BCUT2D eigenvalue weighted by molar-refractivity contribution is 5.85. The summed E-state index contributed by atoms with van der Waals surface area (Å²) >= 11 is 0. The number of hydrogen-bond acceptors (Lipinski definition) is 10. The van der Waals surface area contributed by atoms with Crippen molar-refractivity contribution in [2.45, 2.75) is 57.7 Å². The summed E-state index contributed by atoms with van der Waals surface area (Å²) in [6.45, 7) is 8.79. The maximum Gasteiger partial charge on any atom is 0.319 e. The Kier molecular flexibility index (Phi) is 7.68. The number of nitrogens with zero attached hydrogens (tertiary/aromatic N) is 8. The normalized spacial score (nSPS) is 16.7. The summed E-state index contributed by atoms with van der Waals surface area (Å²) in [5.74, 6) is 0.422. The third-order valence-electron chi connectivity index (χ3n) is 6.00. The van der Waals surface area contributed by atoms with Crippen LogP contribution in [0, 0.1) is 0 Å². The molecule has 192 valence electrons. The fraction of sp³-hybridized carbons (Fsp3) is 0.435. The Morgan fingerprint density at radius 1 is 1.00 bits per heavy atom. The minimum absolute atomic E-state index is 0. The molecular formula is C23H29Cl2N9O2. The molecule has 13 heteroatoms. The van der Waals surface area contributed by atoms with Crippen molar-refractivity contribution < 1.29 is 9.84 Å². The molecule has 0 unspecified atom stereocenters. The Hall–Kier alpha value is -3.15. The SMILES string of the molecule is COc1ncnc(-c2ccc(-c3cc4nnn(C5CC(C)(C)NC(C)(C)C5)c4nn3)c(O)c2)n1.Cl.Cl. The summed E-state index contributed by atoms with van der Waals surface area (Å²) in [6, 6.07) is 7.27. The van der Waals surface area contributed by atoms with E-state index in [4.69, 9.17) is 4.74 Å². The summed E-state index contributed by atoms with van der Waals surface area (Å²) in [7, 11) is 1.48. The zero-order valence-corrected chi connectivity index (χ0v) is 22.3. The molecule has 4 aromatic rings. The molecule has 1 aliphatic heterocycles. The third-order valence-corrected chi connectivity index (χ3v) is 6.00. The molecule has 2 N–H and O–H groups in total. The van der Waals surface area contributed by atoms with Gasteiger partial charge in [0.15, 0.2) is 5.82 Å². The number of nitrogens with one attached hydrogen (secondary N) is 1. The van der Waals surface area contributed by atoms with E-state index < -0.39 is 0 Å². The average molecular weight is 534 g/mol. The van der Waals surface area contributed by atoms with Gasteiger partial charge in [-0.15, -0.1) is 40.1 Å². The summed E-state index contributed by atoms with van der Waals surface area (Å²) in [4.78, 5) is 12.3. The van der Waals surface area contributed by atoms with E-state index in [0.717, 1.165) is 12.8 Å². The van der Waals surface area contributed by atoms with Gasteiger partial charge in [-0.2, -0.15) is 9.97 Å². The van der Waals surface area contributed by atoms with Gasteiger partial charge in [-0.25, -0.2) is 9.67 Å². The molecule has 3 aromatic heterocycles. The fourth-order valence-corrected chi connectivity index (χ4v) is 4.98. The first-order chi connectivity index (χ1) is 16.1. The second kappa shape index (κ2) is 10.1. The van der Waals surface area contributed by atoms with Gasteiger partial charge >= 0.3 is 6.01 Å². The molecule has 0 aliphatic carbocycles. The van der Waals surface area contributed by atoms with E-state index in [2.05, 4.69) is 68.5 Å². The Morgan fingerprint density at radius 2 is 1.72 bits per heavy atom. The van der Waals surface area contributed by atoms with Crippen LogP contribution in [0.5, 0.6) is 11.8 Å². The second-order valence-electron chi connectivity index (χ2n) is 9.95. The quantitative estimate of drug-likeness (QED) is 0.398. The molecule has 11 nitrogen and oxygen atoms in total. The molecule has 0 atom stereocenters. The first kappa shape index (κ1) is 27.4. The van der Waals surface area contributed by atoms with Crippen LogP contribution in [0.4, 0.5) is 0 Å². The van der Waals surface area contributed by atoms with Crippen molar-refractivity contribution in [1.29, 1.82) is 0 Å². The molecule has 1 saturated heterocycles. The molecule has 4 heterocycles. The Balaban J connectivity index is 0.00000180. The molecule has 0 spiro atoms. The number of aromatic nitrogens is 8. The van der Waals surface area contributed by atoms with E-state index in [9.17, 15) is 5.11 Å². The number of fused-ring (bicyclic) bond motifs is 1. The first-order valence-electron chi connectivity index (χ1n) is 11.1. The van der Waals surface area contributed by atoms with Crippen molar-refractivity contribution in [3.8, 4) is 34.4 Å². The molecule has 1 fully saturated rings. The number of aromatic hydroxyl groups is 1. The number of phenols is 1. The molecule has 0 radical (unpaired) electrons. The fourth-order valence-electron chi connectivity index (χ4n) is 4.98. The van der Waals surface area contributed by atoms with Crippen LogP contribution in [-0.4, -0.2) is 63.4 Å². The Bertz CT molecular complexity index is 1360. The van der Waals surface area contributed by atoms with Crippen molar-refractivity contribution in [3.63, 3.8) is 0 Å². The van der Waals surface area contributed by atoms with Gasteiger partial charge < -0.3 is 15.2 Å². The van der Waals surface area contributed by atoms with Crippen molar-refractivity contribution in [2.24, 2.45) is 0 Å². The predicted octanol–water partition coefficient (Wildman–Crippen LogP) is 3.78. The number of hydrogen-bond donors (Lipinski definition) is 2. The summed E-state index contributed by atoms with van der Waals surface area (Å²) in [5, 5.41) is 32.0. The van der Waals surface area contributed by atoms with Crippen LogP contribution < -0.4 is 10.1 Å². The predicted molar refractivity (Wildman–Crippen MR) is 140 cm³/mol. The van der Waals surface area contributed by atoms with Crippen molar-refractivity contribution in [3.05, 3.63) is 30.6 Å². The zero-order chi connectivity index (χ0) is 24.1. The first-order valence-corrected chi connectivity index (χ1v) is 11.1. The number of phenolic OH excluding ortho intramolecular Hbond substituents is 1. The standard InChI is InChI=1S/C23H27N9O2.2ClH/c1-22(2)10-14(11-23(3,4)30-22)32-20-17(28-31-32)9-16(27-29-20)15-7-6-13(8-18(15)33)19-24-12-25-21(26-19)34-5;;/h6-9,12,14,30,33H,10-11H2,1-5H3;2*1H. The molecule has 0 amide bonds. The van der Waals surface area contributed by atoms with E-state index in [-0.39, 0.29) is 53.7 Å². The van der Waals surface area contributed by atoms with Gasteiger partial charge in [-0.1, -0.05) is 11.3 Å². The lowest BCUT2D eigenvalue weighted by atomic mass is 9.80. The van der Waals surface area contributed by atoms with Crippen molar-refractivity contribution in [1.82, 2.24) is 45.5 Å². The smallest absolute Gasteiger partial charge is 0.319 e. The van der Waals surface area contributed by atoms with Gasteiger partial charge in [-0.05, 0) is 58.7 Å². The number of rotatable bonds is 4. The van der Waals surface area contributed by atoms with Crippen LogP contribution in [0.15, 0.2) is 30.6 Å². The average Bonchev–Trinajstić information content (AvgIpc) is 3.20. The van der Waals surface area contributed by atoms with Crippen LogP contribution in [-0.2, 0) is 0 Å². The minimum Gasteiger partial charge on any atom is -0.507 e. The number of halogens is 2. The van der Waals surface area contributed by atoms with Crippen LogP contribution in [0.2, 0.25) is 0 Å². The van der Waals surface area contributed by atoms with Gasteiger partial charge in [0.2, 0.25) is 5.65 Å². The highest BCUT2D eigenvalue weighted by Crippen LogP contribution is 2.37. The maximum absolute atomic E-state index is 10.7. The topological polar surface area (TPSA) is 137 Å². The van der Waals surface area contributed by atoms with Gasteiger partial charge in [0.25, 0.3) is 0 Å². The second-order valence-corrected chi connectivity index (χ2v) is 9.95. The van der Waals surface area contributed by atoms with Gasteiger partial charge in [0.1, 0.15) is 17.6 Å². The molecular weight excluding hydrogens is 505 g/mol. The van der Waals surface area contributed by atoms with Crippen LogP contribution in [0.25, 0.3) is 33.8 Å². The molecule has 5 rings (SSSR count). The Labute approximate surface area is 220 Å². The van der Waals surface area contributed by atoms with Crippen LogP contribution in [0.3, 0.4) is 0 Å². The zero-order valence-electron chi connectivity index (χ0n) is 20.6. The van der Waals surface area contributed by atoms with Crippen LogP contribution >= 0.6 is 24.8 Å². The highest BCUT2D eigenvalue weighted by Gasteiger charge is 2.39. The molecule has 0 saturated carbocycles. The number of piperidine rings is 1. The summed E-state index contributed by atoms with van der Waals surface area (Å²) in [6.07, 6.45) is 3.17. The van der Waals surface area contributed by atoms with E-state index in [1.807, 2.05) is 4.68 Å². The van der Waals surface area contributed by atoms with E-state index in [1.165, 1.54) is 13.4 Å². The minimum atomic E-state index is -0.0336. The summed E-state index contributed by atoms with van der Waals surface area (Å²) in [5.41, 5.74) is 2.85. The molecule has 36 heavy (non-hydrogen) atoms.